The molecule has 3 aliphatic heterocycles. The van der Waals surface area contributed by atoms with Crippen molar-refractivity contribution in [3.05, 3.63) is 0 Å². The number of amides is 1. The van der Waals surface area contributed by atoms with E-state index in [0.717, 1.165) is 38.8 Å². The molecule has 5 heteroatoms. The van der Waals surface area contributed by atoms with Gasteiger partial charge >= 0.3 is 6.09 Å². The summed E-state index contributed by atoms with van der Waals surface area (Å²) in [5.74, 6) is 0.996. The highest BCUT2D eigenvalue weighted by Crippen LogP contribution is 2.50. The summed E-state index contributed by atoms with van der Waals surface area (Å²) in [5, 5.41) is 14.0. The maximum atomic E-state index is 12.2. The first-order chi connectivity index (χ1) is 9.77. The Bertz CT molecular complexity index is 412. The van der Waals surface area contributed by atoms with Gasteiger partial charge in [-0.25, -0.2) is 4.79 Å². The van der Waals surface area contributed by atoms with Gasteiger partial charge in [0.1, 0.15) is 5.60 Å². The molecule has 0 aromatic carbocycles. The molecule has 4 rings (SSSR count). The molecule has 1 amide bonds. The van der Waals surface area contributed by atoms with Crippen LogP contribution in [0.25, 0.3) is 0 Å². The fourth-order valence-electron chi connectivity index (χ4n) is 4.13. The minimum Gasteiger partial charge on any atom is -0.444 e. The van der Waals surface area contributed by atoms with E-state index >= 15 is 0 Å². The Morgan fingerprint density at radius 2 is 2.24 bits per heavy atom. The van der Waals surface area contributed by atoms with Crippen molar-refractivity contribution in [1.82, 2.24) is 10.2 Å². The molecule has 1 saturated carbocycles. The van der Waals surface area contributed by atoms with Gasteiger partial charge in [0.15, 0.2) is 0 Å². The number of aliphatic hydroxyl groups is 1. The Labute approximate surface area is 127 Å². The molecule has 0 spiro atoms. The van der Waals surface area contributed by atoms with Crippen LogP contribution in [0.3, 0.4) is 0 Å². The second-order valence-corrected chi connectivity index (χ2v) is 8.07. The Morgan fingerprint density at radius 3 is 2.86 bits per heavy atom. The lowest BCUT2D eigenvalue weighted by atomic mass is 9.67. The van der Waals surface area contributed by atoms with Crippen molar-refractivity contribution in [1.29, 1.82) is 0 Å². The number of nitrogens with one attached hydrogen (secondary N) is 1. The second kappa shape index (κ2) is 5.13. The molecular formula is C16H28N2O3. The van der Waals surface area contributed by atoms with Gasteiger partial charge in [-0.15, -0.1) is 0 Å². The van der Waals surface area contributed by atoms with E-state index in [2.05, 4.69) is 5.32 Å². The Balaban J connectivity index is 1.58. The molecule has 0 aromatic heterocycles. The van der Waals surface area contributed by atoms with Crippen molar-refractivity contribution in [3.8, 4) is 0 Å². The number of hydrogen-bond acceptors (Lipinski definition) is 4. The van der Waals surface area contributed by atoms with E-state index in [1.54, 1.807) is 0 Å². The lowest BCUT2D eigenvalue weighted by molar-refractivity contribution is -0.0336. The summed E-state index contributed by atoms with van der Waals surface area (Å²) in [5.41, 5.74) is -1.02. The van der Waals surface area contributed by atoms with Crippen molar-refractivity contribution in [2.75, 3.05) is 19.6 Å². The number of piperidine rings is 1. The standard InChI is InChI=1S/C16H28N2O3/c1-15(2,3)21-14(19)18-9-11-7-13(18)12(11)8-16(20)5-4-6-17-10-16/h11-13,17,20H,4-10H2,1-3H3/t11-,12?,13-,16?/m0/s1. The molecule has 21 heavy (non-hydrogen) atoms. The third-order valence-corrected chi connectivity index (χ3v) is 5.17. The van der Waals surface area contributed by atoms with Gasteiger partial charge in [-0.3, -0.25) is 0 Å². The first kappa shape index (κ1) is 15.1. The fourth-order valence-corrected chi connectivity index (χ4v) is 4.13. The maximum absolute atomic E-state index is 12.2. The normalized spacial score (nSPS) is 39.0. The molecule has 120 valence electrons. The number of hydrogen-bond donors (Lipinski definition) is 2. The van der Waals surface area contributed by atoms with Crippen LogP contribution in [0.1, 0.15) is 46.5 Å². The van der Waals surface area contributed by atoms with Crippen LogP contribution in [0.2, 0.25) is 0 Å². The van der Waals surface area contributed by atoms with Crippen molar-refractivity contribution in [3.63, 3.8) is 0 Å². The van der Waals surface area contributed by atoms with E-state index in [9.17, 15) is 9.90 Å². The summed E-state index contributed by atoms with van der Waals surface area (Å²) in [6.45, 7) is 8.20. The van der Waals surface area contributed by atoms with Gasteiger partial charge in [-0.1, -0.05) is 0 Å². The Hall–Kier alpha value is -0.810. The number of β-amino-alcohol motifs (C(OH)–C–C–N with tert-alkyl or cyclic N) is 1. The van der Waals surface area contributed by atoms with E-state index in [1.165, 1.54) is 0 Å². The van der Waals surface area contributed by atoms with Crippen LogP contribution < -0.4 is 5.32 Å². The van der Waals surface area contributed by atoms with Crippen LogP contribution >= 0.6 is 0 Å². The molecule has 1 aliphatic carbocycles. The van der Waals surface area contributed by atoms with Crippen LogP contribution in [-0.2, 0) is 4.74 Å². The molecule has 3 saturated heterocycles. The topological polar surface area (TPSA) is 61.8 Å². The van der Waals surface area contributed by atoms with Crippen LogP contribution in [0.5, 0.6) is 0 Å². The molecule has 0 aromatic rings. The third kappa shape index (κ3) is 3.04. The zero-order chi connectivity index (χ0) is 15.3. The molecular weight excluding hydrogens is 268 g/mol. The van der Waals surface area contributed by atoms with E-state index in [0.29, 0.717) is 18.4 Å². The number of carbonyl (C=O) groups is 1. The highest BCUT2D eigenvalue weighted by molar-refractivity contribution is 5.69. The third-order valence-electron chi connectivity index (χ3n) is 5.17. The van der Waals surface area contributed by atoms with Crippen molar-refractivity contribution in [2.45, 2.75) is 63.7 Å². The highest BCUT2D eigenvalue weighted by atomic mass is 16.6. The van der Waals surface area contributed by atoms with Gasteiger partial charge in [0.05, 0.1) is 5.60 Å². The summed E-state index contributed by atoms with van der Waals surface area (Å²) in [4.78, 5) is 14.1. The zero-order valence-corrected chi connectivity index (χ0v) is 13.4. The molecule has 4 aliphatic rings. The van der Waals surface area contributed by atoms with Gasteiger partial charge in [-0.2, -0.15) is 0 Å². The number of ether oxygens (including phenoxy) is 1. The zero-order valence-electron chi connectivity index (χ0n) is 13.4. The van der Waals surface area contributed by atoms with Crippen LogP contribution in [0.4, 0.5) is 4.79 Å². The number of nitrogens with zero attached hydrogens (tertiary/aromatic N) is 1. The van der Waals surface area contributed by atoms with Gasteiger partial charge in [-0.05, 0) is 64.8 Å². The van der Waals surface area contributed by atoms with Gasteiger partial charge in [0, 0.05) is 19.1 Å². The van der Waals surface area contributed by atoms with Gasteiger partial charge in [0.25, 0.3) is 0 Å². The Morgan fingerprint density at radius 1 is 1.48 bits per heavy atom. The maximum Gasteiger partial charge on any atom is 0.410 e. The summed E-state index contributed by atoms with van der Waals surface area (Å²) in [7, 11) is 0. The average Bonchev–Trinajstić information content (AvgIpc) is 2.93. The van der Waals surface area contributed by atoms with Crippen molar-refractivity contribution >= 4 is 6.09 Å². The summed E-state index contributed by atoms with van der Waals surface area (Å²) in [6.07, 6.45) is 3.62. The fraction of sp³-hybridized carbons (Fsp3) is 0.938. The molecule has 4 fully saturated rings. The quantitative estimate of drug-likeness (QED) is 0.815. The predicted molar refractivity (Wildman–Crippen MR) is 80.0 cm³/mol. The average molecular weight is 296 g/mol. The summed E-state index contributed by atoms with van der Waals surface area (Å²) in [6, 6.07) is 0.274. The Kier molecular flexibility index (Phi) is 3.69. The molecule has 2 N–H and O–H groups in total. The summed E-state index contributed by atoms with van der Waals surface area (Å²) >= 11 is 0. The lowest BCUT2D eigenvalue weighted by Gasteiger charge is -2.43. The number of fused-ring (bicyclic) bond motifs is 1. The second-order valence-electron chi connectivity index (χ2n) is 8.07. The van der Waals surface area contributed by atoms with Crippen molar-refractivity contribution < 1.29 is 14.6 Å². The molecule has 0 radical (unpaired) electrons. The van der Waals surface area contributed by atoms with E-state index in [1.807, 2.05) is 25.7 Å². The van der Waals surface area contributed by atoms with Gasteiger partial charge in [0.2, 0.25) is 0 Å². The first-order valence-corrected chi connectivity index (χ1v) is 8.20. The lowest BCUT2D eigenvalue weighted by Crippen LogP contribution is -2.51. The predicted octanol–water partition coefficient (Wildman–Crippen LogP) is 1.75. The molecule has 2 bridgehead atoms. The monoisotopic (exact) mass is 296 g/mol. The molecule has 2 unspecified atom stereocenters. The van der Waals surface area contributed by atoms with E-state index < -0.39 is 11.2 Å². The first-order valence-electron chi connectivity index (χ1n) is 8.20. The van der Waals surface area contributed by atoms with Crippen molar-refractivity contribution in [2.24, 2.45) is 11.8 Å². The van der Waals surface area contributed by atoms with Gasteiger partial charge < -0.3 is 20.1 Å². The SMILES string of the molecule is CC(C)(C)OC(=O)N1C[C@@H]2C[C@H]1C2CC1(O)CCCNC1. The van der Waals surface area contributed by atoms with E-state index in [-0.39, 0.29) is 12.1 Å². The largest absolute Gasteiger partial charge is 0.444 e. The molecule has 3 heterocycles. The number of rotatable bonds is 2. The van der Waals surface area contributed by atoms with E-state index in [4.69, 9.17) is 4.74 Å². The highest BCUT2D eigenvalue weighted by Gasteiger charge is 2.56. The minimum atomic E-state index is -0.580. The smallest absolute Gasteiger partial charge is 0.410 e. The molecule has 5 nitrogen and oxygen atoms in total. The van der Waals surface area contributed by atoms with Crippen LogP contribution in [0, 0.1) is 11.8 Å². The number of carbonyl (C=O) groups excluding carboxylic acids is 1. The minimum absolute atomic E-state index is 0.189. The molecule has 4 atom stereocenters. The van der Waals surface area contributed by atoms with Crippen LogP contribution in [-0.4, -0.2) is 53.0 Å². The summed E-state index contributed by atoms with van der Waals surface area (Å²) < 4.78 is 5.49. The van der Waals surface area contributed by atoms with Crippen LogP contribution in [0.15, 0.2) is 0 Å².